The van der Waals surface area contributed by atoms with Crippen molar-refractivity contribution in [3.05, 3.63) is 0 Å². The monoisotopic (exact) mass is 300 g/mol. The average molecular weight is 300 g/mol. The van der Waals surface area contributed by atoms with E-state index < -0.39 is 15.4 Å². The maximum absolute atomic E-state index is 12.9. The van der Waals surface area contributed by atoms with Crippen LogP contribution in [0.25, 0.3) is 0 Å². The summed E-state index contributed by atoms with van der Waals surface area (Å²) in [6, 6.07) is -0.132. The lowest BCUT2D eigenvalue weighted by atomic mass is 9.97. The number of hydrogen-bond donors (Lipinski definition) is 1. The van der Waals surface area contributed by atoms with Gasteiger partial charge in [0.25, 0.3) is 0 Å². The molecule has 0 bridgehead atoms. The molecule has 2 saturated heterocycles. The summed E-state index contributed by atoms with van der Waals surface area (Å²) in [7, 11) is -2.96. The van der Waals surface area contributed by atoms with E-state index in [2.05, 4.69) is 19.2 Å². The van der Waals surface area contributed by atoms with Crippen LogP contribution in [-0.4, -0.2) is 48.5 Å². The minimum atomic E-state index is -2.96. The molecule has 0 aromatic carbocycles. The zero-order chi connectivity index (χ0) is 14.5. The van der Waals surface area contributed by atoms with Crippen molar-refractivity contribution >= 4 is 15.7 Å². The molecule has 20 heavy (non-hydrogen) atoms. The summed E-state index contributed by atoms with van der Waals surface area (Å²) in [6.45, 7) is 4.19. The Morgan fingerprint density at radius 1 is 1.30 bits per heavy atom. The van der Waals surface area contributed by atoms with Crippen LogP contribution in [0.1, 0.15) is 46.0 Å². The number of nitrogens with zero attached hydrogens (tertiary/aromatic N) is 1. The molecule has 0 aromatic heterocycles. The quantitative estimate of drug-likeness (QED) is 0.823. The Balaban J connectivity index is 1.89. The predicted octanol–water partition coefficient (Wildman–Crippen LogP) is 0.900. The Bertz CT molecular complexity index is 509. The van der Waals surface area contributed by atoms with Crippen LogP contribution in [0.4, 0.5) is 0 Å². The van der Waals surface area contributed by atoms with Gasteiger partial charge in [0.15, 0.2) is 9.84 Å². The lowest BCUT2D eigenvalue weighted by Crippen LogP contribution is -2.47. The molecule has 2 atom stereocenters. The van der Waals surface area contributed by atoms with E-state index in [0.717, 1.165) is 25.7 Å². The Labute approximate surface area is 121 Å². The van der Waals surface area contributed by atoms with Crippen molar-refractivity contribution in [2.24, 2.45) is 5.92 Å². The minimum absolute atomic E-state index is 0.0149. The van der Waals surface area contributed by atoms with Gasteiger partial charge in [0, 0.05) is 6.04 Å². The highest BCUT2D eigenvalue weighted by atomic mass is 32.2. The van der Waals surface area contributed by atoms with Crippen LogP contribution in [0.15, 0.2) is 0 Å². The SMILES string of the molecule is CC(C)C1NC2(CCCC2)C(=O)N1C1CCS(=O)(=O)C1. The molecule has 114 valence electrons. The van der Waals surface area contributed by atoms with Crippen LogP contribution >= 0.6 is 0 Å². The first-order valence-electron chi connectivity index (χ1n) is 7.66. The number of hydrogen-bond acceptors (Lipinski definition) is 4. The molecule has 0 aromatic rings. The third-order valence-electron chi connectivity index (χ3n) is 5.06. The average Bonchev–Trinajstić information content (AvgIpc) is 3.02. The molecule has 3 aliphatic rings. The van der Waals surface area contributed by atoms with Gasteiger partial charge in [-0.15, -0.1) is 0 Å². The van der Waals surface area contributed by atoms with Crippen molar-refractivity contribution in [1.82, 2.24) is 10.2 Å². The molecule has 1 spiro atoms. The maximum Gasteiger partial charge on any atom is 0.244 e. The lowest BCUT2D eigenvalue weighted by Gasteiger charge is -2.31. The van der Waals surface area contributed by atoms with Crippen molar-refractivity contribution in [2.45, 2.75) is 63.7 Å². The number of carbonyl (C=O) groups excluding carboxylic acids is 1. The molecule has 0 radical (unpaired) electrons. The maximum atomic E-state index is 12.9. The van der Waals surface area contributed by atoms with Crippen molar-refractivity contribution in [1.29, 1.82) is 0 Å². The summed E-state index contributed by atoms with van der Waals surface area (Å²) < 4.78 is 23.5. The van der Waals surface area contributed by atoms with E-state index in [1.54, 1.807) is 0 Å². The first kappa shape index (κ1) is 14.3. The molecule has 6 heteroatoms. The van der Waals surface area contributed by atoms with Crippen LogP contribution < -0.4 is 5.32 Å². The highest BCUT2D eigenvalue weighted by Crippen LogP contribution is 2.39. The second kappa shape index (κ2) is 4.70. The molecule has 1 N–H and O–H groups in total. The van der Waals surface area contributed by atoms with E-state index in [-0.39, 0.29) is 29.6 Å². The lowest BCUT2D eigenvalue weighted by molar-refractivity contribution is -0.135. The molecule has 2 aliphatic heterocycles. The second-order valence-corrected chi connectivity index (χ2v) is 9.12. The third-order valence-corrected chi connectivity index (χ3v) is 6.81. The Morgan fingerprint density at radius 3 is 2.45 bits per heavy atom. The van der Waals surface area contributed by atoms with Crippen molar-refractivity contribution in [2.75, 3.05) is 11.5 Å². The van der Waals surface area contributed by atoms with Crippen LogP contribution in [-0.2, 0) is 14.6 Å². The number of sulfone groups is 1. The Morgan fingerprint density at radius 2 is 1.95 bits per heavy atom. The van der Waals surface area contributed by atoms with E-state index in [4.69, 9.17) is 0 Å². The number of rotatable bonds is 2. The highest BCUT2D eigenvalue weighted by molar-refractivity contribution is 7.91. The van der Waals surface area contributed by atoms with Crippen molar-refractivity contribution in [3.63, 3.8) is 0 Å². The zero-order valence-electron chi connectivity index (χ0n) is 12.3. The van der Waals surface area contributed by atoms with Gasteiger partial charge in [-0.25, -0.2) is 8.42 Å². The fourth-order valence-electron chi connectivity index (χ4n) is 4.00. The van der Waals surface area contributed by atoms with Gasteiger partial charge in [-0.1, -0.05) is 26.7 Å². The molecule has 1 aliphatic carbocycles. The number of carbonyl (C=O) groups is 1. The molecule has 3 fully saturated rings. The molecule has 2 heterocycles. The highest BCUT2D eigenvalue weighted by Gasteiger charge is 2.55. The van der Waals surface area contributed by atoms with Gasteiger partial charge in [-0.3, -0.25) is 10.1 Å². The van der Waals surface area contributed by atoms with Crippen LogP contribution in [0.2, 0.25) is 0 Å². The molecule has 1 amide bonds. The van der Waals surface area contributed by atoms with Gasteiger partial charge < -0.3 is 4.90 Å². The van der Waals surface area contributed by atoms with Crippen LogP contribution in [0.3, 0.4) is 0 Å². The van der Waals surface area contributed by atoms with Crippen molar-refractivity contribution < 1.29 is 13.2 Å². The normalized spacial score (nSPS) is 35.5. The largest absolute Gasteiger partial charge is 0.321 e. The van der Waals surface area contributed by atoms with Crippen LogP contribution in [0.5, 0.6) is 0 Å². The molecule has 5 nitrogen and oxygen atoms in total. The van der Waals surface area contributed by atoms with Crippen molar-refractivity contribution in [3.8, 4) is 0 Å². The molecular weight excluding hydrogens is 276 g/mol. The first-order valence-corrected chi connectivity index (χ1v) is 9.48. The Kier molecular flexibility index (Phi) is 3.36. The topological polar surface area (TPSA) is 66.5 Å². The summed E-state index contributed by atoms with van der Waals surface area (Å²) in [5.74, 6) is 0.803. The van der Waals surface area contributed by atoms with Gasteiger partial charge in [0.05, 0.1) is 23.2 Å². The molecule has 1 saturated carbocycles. The van der Waals surface area contributed by atoms with E-state index in [1.807, 2.05) is 4.90 Å². The summed E-state index contributed by atoms with van der Waals surface area (Å²) in [4.78, 5) is 14.8. The summed E-state index contributed by atoms with van der Waals surface area (Å²) in [6.07, 6.45) is 4.53. The first-order chi connectivity index (χ1) is 9.35. The van der Waals surface area contributed by atoms with Gasteiger partial charge in [-0.05, 0) is 25.2 Å². The Hall–Kier alpha value is -0.620. The summed E-state index contributed by atoms with van der Waals surface area (Å²) >= 11 is 0. The standard InChI is InChI=1S/C14H24N2O3S/c1-10(2)12-15-14(6-3-4-7-14)13(17)16(12)11-5-8-20(18,19)9-11/h10-12,15H,3-9H2,1-2H3. The van der Waals surface area contributed by atoms with Gasteiger partial charge in [0.1, 0.15) is 0 Å². The predicted molar refractivity (Wildman–Crippen MR) is 76.9 cm³/mol. The van der Waals surface area contributed by atoms with E-state index in [9.17, 15) is 13.2 Å². The molecule has 3 rings (SSSR count). The smallest absolute Gasteiger partial charge is 0.244 e. The molecule has 2 unspecified atom stereocenters. The van der Waals surface area contributed by atoms with Crippen LogP contribution in [0, 0.1) is 5.92 Å². The van der Waals surface area contributed by atoms with Gasteiger partial charge in [-0.2, -0.15) is 0 Å². The van der Waals surface area contributed by atoms with Gasteiger partial charge in [0.2, 0.25) is 5.91 Å². The molecular formula is C14H24N2O3S. The second-order valence-electron chi connectivity index (χ2n) is 6.89. The van der Waals surface area contributed by atoms with E-state index in [0.29, 0.717) is 12.3 Å². The number of amides is 1. The summed E-state index contributed by atoms with van der Waals surface area (Å²) in [5.41, 5.74) is -0.401. The fourth-order valence-corrected chi connectivity index (χ4v) is 5.71. The third kappa shape index (κ3) is 2.17. The summed E-state index contributed by atoms with van der Waals surface area (Å²) in [5, 5.41) is 3.55. The zero-order valence-corrected chi connectivity index (χ0v) is 13.1. The number of nitrogens with one attached hydrogen (secondary N) is 1. The van der Waals surface area contributed by atoms with Gasteiger partial charge >= 0.3 is 0 Å². The minimum Gasteiger partial charge on any atom is -0.321 e. The van der Waals surface area contributed by atoms with E-state index in [1.165, 1.54) is 0 Å². The van der Waals surface area contributed by atoms with E-state index >= 15 is 0 Å². The fraction of sp³-hybridized carbons (Fsp3) is 0.929.